The highest BCUT2D eigenvalue weighted by atomic mass is 16.5. The molecule has 1 fully saturated rings. The molecule has 1 saturated heterocycles. The summed E-state index contributed by atoms with van der Waals surface area (Å²) in [7, 11) is 1.66. The monoisotopic (exact) mass is 389 g/mol. The van der Waals surface area contributed by atoms with Crippen molar-refractivity contribution in [3.63, 3.8) is 0 Å². The molecule has 0 saturated carbocycles. The van der Waals surface area contributed by atoms with Gasteiger partial charge in [-0.2, -0.15) is 0 Å². The minimum absolute atomic E-state index is 0.239. The van der Waals surface area contributed by atoms with E-state index in [1.54, 1.807) is 7.11 Å². The number of carbonyl (C=O) groups excluding carboxylic acids is 1. The number of hydrogen-bond acceptors (Lipinski definition) is 3. The summed E-state index contributed by atoms with van der Waals surface area (Å²) in [6.07, 6.45) is 3.25. The first kappa shape index (κ1) is 19.2. The fraction of sp³-hybridized carbons (Fsp3) is 0.333. The molecule has 1 aliphatic heterocycles. The van der Waals surface area contributed by atoms with Crippen molar-refractivity contribution in [2.45, 2.75) is 26.3 Å². The Bertz CT molecular complexity index is 958. The maximum absolute atomic E-state index is 12.5. The summed E-state index contributed by atoms with van der Waals surface area (Å²) < 4.78 is 7.45. The largest absolute Gasteiger partial charge is 0.497 e. The van der Waals surface area contributed by atoms with E-state index in [0.717, 1.165) is 54.4 Å². The Kier molecular flexibility index (Phi) is 5.65. The maximum atomic E-state index is 12.5. The van der Waals surface area contributed by atoms with Crippen molar-refractivity contribution >= 4 is 5.91 Å². The Morgan fingerprint density at radius 2 is 1.83 bits per heavy atom. The van der Waals surface area contributed by atoms with E-state index in [2.05, 4.69) is 28.6 Å². The second-order valence-corrected chi connectivity index (χ2v) is 7.71. The second-order valence-electron chi connectivity index (χ2n) is 7.71. The zero-order valence-corrected chi connectivity index (χ0v) is 17.0. The van der Waals surface area contributed by atoms with Gasteiger partial charge >= 0.3 is 0 Å². The van der Waals surface area contributed by atoms with Gasteiger partial charge in [0, 0.05) is 49.4 Å². The molecule has 2 aromatic carbocycles. The highest BCUT2D eigenvalue weighted by Gasteiger charge is 2.31. The van der Waals surface area contributed by atoms with Crippen LogP contribution < -0.4 is 4.74 Å². The third-order valence-corrected chi connectivity index (χ3v) is 5.62. The highest BCUT2D eigenvalue weighted by molar-refractivity contribution is 5.77. The first-order chi connectivity index (χ1) is 14.1. The van der Waals surface area contributed by atoms with Crippen LogP contribution in [-0.4, -0.2) is 40.6 Å². The zero-order valence-electron chi connectivity index (χ0n) is 17.0. The number of rotatable bonds is 7. The third kappa shape index (κ3) is 4.34. The van der Waals surface area contributed by atoms with Gasteiger partial charge in [0.15, 0.2) is 0 Å². The van der Waals surface area contributed by atoms with E-state index in [9.17, 15) is 4.79 Å². The van der Waals surface area contributed by atoms with Crippen LogP contribution in [0, 0.1) is 12.8 Å². The first-order valence-corrected chi connectivity index (χ1v) is 10.1. The van der Waals surface area contributed by atoms with Gasteiger partial charge in [-0.3, -0.25) is 4.79 Å². The quantitative estimate of drug-likeness (QED) is 0.615. The molecule has 5 heteroatoms. The number of nitrogens with zero attached hydrogens (tertiary/aromatic N) is 3. The lowest BCUT2D eigenvalue weighted by Crippen LogP contribution is -2.51. The van der Waals surface area contributed by atoms with E-state index in [0.29, 0.717) is 12.3 Å². The molecule has 0 N–H and O–H groups in total. The van der Waals surface area contributed by atoms with E-state index in [1.165, 1.54) is 0 Å². The van der Waals surface area contributed by atoms with Crippen molar-refractivity contribution in [1.29, 1.82) is 0 Å². The summed E-state index contributed by atoms with van der Waals surface area (Å²) in [5.74, 6) is 2.57. The van der Waals surface area contributed by atoms with Crippen molar-refractivity contribution in [1.82, 2.24) is 14.5 Å². The Morgan fingerprint density at radius 1 is 1.10 bits per heavy atom. The van der Waals surface area contributed by atoms with Crippen LogP contribution in [0.1, 0.15) is 17.7 Å². The summed E-state index contributed by atoms with van der Waals surface area (Å²) in [5.41, 5.74) is 3.46. The Hall–Kier alpha value is -3.08. The van der Waals surface area contributed by atoms with Gasteiger partial charge in [0.1, 0.15) is 11.6 Å². The van der Waals surface area contributed by atoms with Crippen LogP contribution >= 0.6 is 0 Å². The summed E-state index contributed by atoms with van der Waals surface area (Å²) >= 11 is 0. The van der Waals surface area contributed by atoms with Crippen LogP contribution in [0.25, 0.3) is 11.4 Å². The number of likely N-dealkylation sites (tertiary alicyclic amines) is 1. The van der Waals surface area contributed by atoms with Crippen LogP contribution in [0.2, 0.25) is 0 Å². The lowest BCUT2D eigenvalue weighted by molar-refractivity contribution is -0.137. The molecule has 0 unspecified atom stereocenters. The normalized spacial score (nSPS) is 13.9. The van der Waals surface area contributed by atoms with Crippen LogP contribution in [0.3, 0.4) is 0 Å². The molecule has 3 aromatic rings. The molecule has 0 bridgehead atoms. The number of benzene rings is 2. The summed E-state index contributed by atoms with van der Waals surface area (Å²) in [6, 6.07) is 18.2. The highest BCUT2D eigenvalue weighted by Crippen LogP contribution is 2.25. The number of aryl methyl sites for hydroxylation is 2. The minimum Gasteiger partial charge on any atom is -0.497 e. The Labute approximate surface area is 171 Å². The minimum atomic E-state index is 0.239. The van der Waals surface area contributed by atoms with Crippen LogP contribution in [0.4, 0.5) is 0 Å². The van der Waals surface area contributed by atoms with Gasteiger partial charge in [-0.1, -0.05) is 42.5 Å². The molecule has 1 amide bonds. The molecule has 29 heavy (non-hydrogen) atoms. The summed E-state index contributed by atoms with van der Waals surface area (Å²) in [5, 5.41) is 0. The van der Waals surface area contributed by atoms with Gasteiger partial charge in [-0.05, 0) is 31.0 Å². The molecule has 0 spiro atoms. The molecule has 0 aliphatic carbocycles. The number of methoxy groups -OCH3 is 1. The van der Waals surface area contributed by atoms with E-state index >= 15 is 0 Å². The van der Waals surface area contributed by atoms with Crippen molar-refractivity contribution in [3.05, 3.63) is 72.1 Å². The van der Waals surface area contributed by atoms with Gasteiger partial charge in [-0.15, -0.1) is 0 Å². The number of carbonyl (C=O) groups is 1. The number of amides is 1. The fourth-order valence-corrected chi connectivity index (χ4v) is 3.86. The van der Waals surface area contributed by atoms with Crippen LogP contribution in [0.15, 0.2) is 60.8 Å². The SMILES string of the molecule is COc1ccc(CCC(=O)N2CC(Cn3c(C)cnc3-c3ccccc3)C2)cc1. The fourth-order valence-electron chi connectivity index (χ4n) is 3.86. The van der Waals surface area contributed by atoms with Gasteiger partial charge in [0.05, 0.1) is 7.11 Å². The molecular weight excluding hydrogens is 362 g/mol. The predicted octanol–water partition coefficient (Wildman–Crippen LogP) is 3.96. The lowest BCUT2D eigenvalue weighted by atomic mass is 9.98. The van der Waals surface area contributed by atoms with Crippen LogP contribution in [-0.2, 0) is 17.8 Å². The van der Waals surface area contributed by atoms with Crippen LogP contribution in [0.5, 0.6) is 5.75 Å². The average molecular weight is 389 g/mol. The molecule has 150 valence electrons. The van der Waals surface area contributed by atoms with Crippen molar-refractivity contribution in [3.8, 4) is 17.1 Å². The van der Waals surface area contributed by atoms with E-state index < -0.39 is 0 Å². The van der Waals surface area contributed by atoms with Crippen molar-refractivity contribution in [2.24, 2.45) is 5.92 Å². The lowest BCUT2D eigenvalue weighted by Gasteiger charge is -2.40. The number of imidazole rings is 1. The first-order valence-electron chi connectivity index (χ1n) is 10.1. The van der Waals surface area contributed by atoms with E-state index in [1.807, 2.05) is 53.6 Å². The van der Waals surface area contributed by atoms with E-state index in [-0.39, 0.29) is 5.91 Å². The predicted molar refractivity (Wildman–Crippen MR) is 114 cm³/mol. The molecule has 0 radical (unpaired) electrons. The topological polar surface area (TPSA) is 47.4 Å². The van der Waals surface area contributed by atoms with Crippen molar-refractivity contribution < 1.29 is 9.53 Å². The average Bonchev–Trinajstić information content (AvgIpc) is 3.09. The van der Waals surface area contributed by atoms with Gasteiger partial charge in [-0.25, -0.2) is 4.98 Å². The Morgan fingerprint density at radius 3 is 2.52 bits per heavy atom. The molecule has 2 heterocycles. The smallest absolute Gasteiger partial charge is 0.222 e. The molecule has 0 atom stereocenters. The summed E-state index contributed by atoms with van der Waals surface area (Å²) in [4.78, 5) is 19.1. The zero-order chi connectivity index (χ0) is 20.2. The number of aromatic nitrogens is 2. The molecular formula is C24H27N3O2. The number of hydrogen-bond donors (Lipinski definition) is 0. The molecule has 1 aliphatic rings. The number of ether oxygens (including phenoxy) is 1. The van der Waals surface area contributed by atoms with Gasteiger partial charge < -0.3 is 14.2 Å². The third-order valence-electron chi connectivity index (χ3n) is 5.62. The summed E-state index contributed by atoms with van der Waals surface area (Å²) in [6.45, 7) is 4.65. The molecule has 1 aromatic heterocycles. The van der Waals surface area contributed by atoms with Gasteiger partial charge in [0.2, 0.25) is 5.91 Å². The second kappa shape index (κ2) is 8.52. The standard InChI is InChI=1S/C24H27N3O2/c1-18-14-25-24(21-6-4-3-5-7-21)27(18)17-20-15-26(16-20)23(28)13-10-19-8-11-22(29-2)12-9-19/h3-9,11-12,14,20H,10,13,15-17H2,1-2H3. The van der Waals surface area contributed by atoms with Crippen molar-refractivity contribution in [2.75, 3.05) is 20.2 Å². The maximum Gasteiger partial charge on any atom is 0.222 e. The Balaban J connectivity index is 1.29. The van der Waals surface area contributed by atoms with E-state index in [4.69, 9.17) is 4.74 Å². The molecule has 4 rings (SSSR count). The van der Waals surface area contributed by atoms with Gasteiger partial charge in [0.25, 0.3) is 0 Å². The molecule has 5 nitrogen and oxygen atoms in total.